The van der Waals surface area contributed by atoms with E-state index < -0.39 is 17.5 Å². The molecule has 0 aliphatic heterocycles. The average molecular weight is 304 g/mol. The number of nitrogens with zero attached hydrogens (tertiary/aromatic N) is 2. The highest BCUT2D eigenvalue weighted by atomic mass is 16.5. The van der Waals surface area contributed by atoms with Gasteiger partial charge in [-0.15, -0.1) is 0 Å². The number of hydrogen-bond acceptors (Lipinski definition) is 5. The molecule has 1 aromatic heterocycles. The van der Waals surface area contributed by atoms with Crippen molar-refractivity contribution in [2.75, 3.05) is 20.3 Å². The first-order chi connectivity index (χ1) is 10.6. The van der Waals surface area contributed by atoms with Gasteiger partial charge in [-0.25, -0.2) is 9.78 Å². The van der Waals surface area contributed by atoms with E-state index in [-0.39, 0.29) is 13.1 Å². The van der Waals surface area contributed by atoms with E-state index in [0.29, 0.717) is 17.6 Å². The number of methoxy groups -OCH3 is 1. The zero-order chi connectivity index (χ0) is 15.9. The van der Waals surface area contributed by atoms with Crippen LogP contribution >= 0.6 is 0 Å². The number of amides is 3. The maximum atomic E-state index is 11.9. The first kappa shape index (κ1) is 15.6. The lowest BCUT2D eigenvalue weighted by Gasteiger charge is -2.10. The Labute approximate surface area is 126 Å². The summed E-state index contributed by atoms with van der Waals surface area (Å²) in [5.41, 5.74) is 0.720. The van der Waals surface area contributed by atoms with E-state index in [1.54, 1.807) is 24.3 Å². The van der Waals surface area contributed by atoms with Crippen molar-refractivity contribution < 1.29 is 14.3 Å². The standard InChI is InChI=1S/C14H16N4O4/c1-22-7-6-15-14(21)17-12(19)9-18-11-5-3-2-4-10(11)16-8-13(18)20/h2-5,8H,6-7,9H2,1H3,(H2,15,17,19,21). The summed E-state index contributed by atoms with van der Waals surface area (Å²) in [7, 11) is 1.51. The molecule has 0 atom stereocenters. The molecule has 1 aromatic carbocycles. The Morgan fingerprint density at radius 1 is 1.32 bits per heavy atom. The first-order valence-electron chi connectivity index (χ1n) is 6.63. The van der Waals surface area contributed by atoms with Crippen LogP contribution < -0.4 is 16.2 Å². The second kappa shape index (κ2) is 7.32. The molecule has 0 bridgehead atoms. The second-order valence-electron chi connectivity index (χ2n) is 4.47. The SMILES string of the molecule is COCCNC(=O)NC(=O)Cn1c(=O)cnc2ccccc21. The van der Waals surface area contributed by atoms with E-state index in [1.165, 1.54) is 11.7 Å². The summed E-state index contributed by atoms with van der Waals surface area (Å²) in [6.07, 6.45) is 1.15. The molecule has 0 aliphatic carbocycles. The van der Waals surface area contributed by atoms with E-state index >= 15 is 0 Å². The number of imide groups is 1. The van der Waals surface area contributed by atoms with E-state index in [2.05, 4.69) is 15.6 Å². The summed E-state index contributed by atoms with van der Waals surface area (Å²) in [4.78, 5) is 39.2. The van der Waals surface area contributed by atoms with Crippen molar-refractivity contribution in [3.63, 3.8) is 0 Å². The molecule has 0 unspecified atom stereocenters. The normalized spacial score (nSPS) is 10.4. The third-order valence-corrected chi connectivity index (χ3v) is 2.90. The van der Waals surface area contributed by atoms with Crippen LogP contribution in [0.4, 0.5) is 4.79 Å². The Morgan fingerprint density at radius 2 is 2.09 bits per heavy atom. The topological polar surface area (TPSA) is 102 Å². The molecule has 3 amide bonds. The van der Waals surface area contributed by atoms with Gasteiger partial charge >= 0.3 is 6.03 Å². The summed E-state index contributed by atoms with van der Waals surface area (Å²) >= 11 is 0. The molecule has 0 aliphatic rings. The monoisotopic (exact) mass is 304 g/mol. The Kier molecular flexibility index (Phi) is 5.21. The van der Waals surface area contributed by atoms with Crippen LogP contribution in [0.25, 0.3) is 11.0 Å². The largest absolute Gasteiger partial charge is 0.383 e. The number of nitrogens with one attached hydrogen (secondary N) is 2. The Morgan fingerprint density at radius 3 is 2.86 bits per heavy atom. The number of carbonyl (C=O) groups is 2. The van der Waals surface area contributed by atoms with Crippen LogP contribution in [0.15, 0.2) is 35.3 Å². The van der Waals surface area contributed by atoms with Crippen LogP contribution in [0.5, 0.6) is 0 Å². The van der Waals surface area contributed by atoms with Crippen molar-refractivity contribution in [3.05, 3.63) is 40.8 Å². The number of carbonyl (C=O) groups excluding carboxylic acids is 2. The van der Waals surface area contributed by atoms with Crippen molar-refractivity contribution in [3.8, 4) is 0 Å². The number of para-hydroxylation sites is 2. The smallest absolute Gasteiger partial charge is 0.321 e. The van der Waals surface area contributed by atoms with Gasteiger partial charge in [-0.1, -0.05) is 12.1 Å². The molecule has 116 valence electrons. The third-order valence-electron chi connectivity index (χ3n) is 2.90. The van der Waals surface area contributed by atoms with E-state index in [9.17, 15) is 14.4 Å². The number of hydrogen-bond donors (Lipinski definition) is 2. The predicted molar refractivity (Wildman–Crippen MR) is 79.4 cm³/mol. The Bertz CT molecular complexity index is 741. The molecule has 0 spiro atoms. The van der Waals surface area contributed by atoms with Crippen molar-refractivity contribution in [1.82, 2.24) is 20.2 Å². The fourth-order valence-corrected chi connectivity index (χ4v) is 1.90. The Balaban J connectivity index is 2.07. The molecule has 2 aromatic rings. The molecule has 8 heteroatoms. The minimum atomic E-state index is -0.631. The summed E-state index contributed by atoms with van der Waals surface area (Å²) in [5, 5.41) is 4.61. The van der Waals surface area contributed by atoms with Gasteiger partial charge in [-0.05, 0) is 12.1 Å². The first-order valence-corrected chi connectivity index (χ1v) is 6.63. The molecule has 2 rings (SSSR count). The molecular formula is C14H16N4O4. The number of rotatable bonds is 5. The van der Waals surface area contributed by atoms with Crippen LogP contribution in [0.1, 0.15) is 0 Å². The zero-order valence-corrected chi connectivity index (χ0v) is 12.0. The molecule has 0 saturated carbocycles. The number of fused-ring (bicyclic) bond motifs is 1. The summed E-state index contributed by atoms with van der Waals surface area (Å²) < 4.78 is 6.04. The van der Waals surface area contributed by atoms with Gasteiger partial charge in [-0.2, -0.15) is 0 Å². The van der Waals surface area contributed by atoms with Crippen molar-refractivity contribution in [2.45, 2.75) is 6.54 Å². The maximum Gasteiger partial charge on any atom is 0.321 e. The van der Waals surface area contributed by atoms with Gasteiger partial charge in [0.1, 0.15) is 6.54 Å². The van der Waals surface area contributed by atoms with Crippen molar-refractivity contribution >= 4 is 23.0 Å². The van der Waals surface area contributed by atoms with Gasteiger partial charge in [0.05, 0.1) is 23.8 Å². The highest BCUT2D eigenvalue weighted by Crippen LogP contribution is 2.07. The fraction of sp³-hybridized carbons (Fsp3) is 0.286. The summed E-state index contributed by atoms with van der Waals surface area (Å²) in [5.74, 6) is -0.589. The quantitative estimate of drug-likeness (QED) is 0.749. The highest BCUT2D eigenvalue weighted by molar-refractivity contribution is 5.94. The predicted octanol–water partition coefficient (Wildman–Crippen LogP) is -0.131. The molecule has 22 heavy (non-hydrogen) atoms. The van der Waals surface area contributed by atoms with Gasteiger partial charge in [0.2, 0.25) is 5.91 Å². The molecule has 8 nitrogen and oxygen atoms in total. The van der Waals surface area contributed by atoms with E-state index in [0.717, 1.165) is 6.20 Å². The summed E-state index contributed by atoms with van der Waals surface area (Å²) in [6, 6.07) is 6.33. The van der Waals surface area contributed by atoms with E-state index in [1.807, 2.05) is 0 Å². The molecule has 0 saturated heterocycles. The van der Waals surface area contributed by atoms with Gasteiger partial charge in [-0.3, -0.25) is 19.5 Å². The highest BCUT2D eigenvalue weighted by Gasteiger charge is 2.11. The molecule has 0 fully saturated rings. The number of urea groups is 1. The van der Waals surface area contributed by atoms with Crippen LogP contribution in [0.3, 0.4) is 0 Å². The van der Waals surface area contributed by atoms with Crippen molar-refractivity contribution in [1.29, 1.82) is 0 Å². The van der Waals surface area contributed by atoms with Crippen LogP contribution in [-0.2, 0) is 16.1 Å². The van der Waals surface area contributed by atoms with Crippen molar-refractivity contribution in [2.24, 2.45) is 0 Å². The van der Waals surface area contributed by atoms with Crippen LogP contribution in [0, 0.1) is 0 Å². The van der Waals surface area contributed by atoms with Gasteiger partial charge < -0.3 is 10.1 Å². The van der Waals surface area contributed by atoms with Gasteiger partial charge in [0, 0.05) is 13.7 Å². The second-order valence-corrected chi connectivity index (χ2v) is 4.47. The minimum absolute atomic E-state index is 0.264. The van der Waals surface area contributed by atoms with Gasteiger partial charge in [0.25, 0.3) is 5.56 Å². The molecule has 1 heterocycles. The lowest BCUT2D eigenvalue weighted by Crippen LogP contribution is -2.43. The minimum Gasteiger partial charge on any atom is -0.383 e. The maximum absolute atomic E-state index is 11.9. The number of aromatic nitrogens is 2. The van der Waals surface area contributed by atoms with Crippen LogP contribution in [0.2, 0.25) is 0 Å². The van der Waals surface area contributed by atoms with Gasteiger partial charge in [0.15, 0.2) is 0 Å². The summed E-state index contributed by atoms with van der Waals surface area (Å²) in [6.45, 7) is 0.364. The average Bonchev–Trinajstić information content (AvgIpc) is 2.50. The lowest BCUT2D eigenvalue weighted by atomic mass is 10.3. The number of ether oxygens (including phenoxy) is 1. The third kappa shape index (κ3) is 3.89. The molecule has 0 radical (unpaired) electrons. The van der Waals surface area contributed by atoms with Crippen LogP contribution in [-0.4, -0.2) is 41.8 Å². The number of benzene rings is 1. The molecular weight excluding hydrogens is 288 g/mol. The molecule has 2 N–H and O–H groups in total. The Hall–Kier alpha value is -2.74. The lowest BCUT2D eigenvalue weighted by molar-refractivity contribution is -0.120. The zero-order valence-electron chi connectivity index (χ0n) is 12.0. The van der Waals surface area contributed by atoms with E-state index in [4.69, 9.17) is 4.74 Å². The fourth-order valence-electron chi connectivity index (χ4n) is 1.90.